The van der Waals surface area contributed by atoms with Gasteiger partial charge in [-0.2, -0.15) is 0 Å². The van der Waals surface area contributed by atoms with Gasteiger partial charge in [0.2, 0.25) is 0 Å². The van der Waals surface area contributed by atoms with E-state index in [9.17, 15) is 0 Å². The first-order valence-corrected chi connectivity index (χ1v) is 5.95. The molecular weight excluding hydrogens is 226 g/mol. The van der Waals surface area contributed by atoms with Crippen LogP contribution < -0.4 is 15.4 Å². The van der Waals surface area contributed by atoms with Crippen LogP contribution in [0.5, 0.6) is 5.75 Å². The highest BCUT2D eigenvalue weighted by Crippen LogP contribution is 2.21. The quantitative estimate of drug-likeness (QED) is 0.846. The number of ether oxygens (including phenoxy) is 1. The maximum atomic E-state index is 5.40. The predicted octanol–water partition coefficient (Wildman–Crippen LogP) is 3.27. The van der Waals surface area contributed by atoms with Crippen molar-refractivity contribution < 1.29 is 4.74 Å². The smallest absolute Gasteiger partial charge is 0.127 e. The van der Waals surface area contributed by atoms with Crippen molar-refractivity contribution in [2.45, 2.75) is 6.92 Å². The Kier molecular flexibility index (Phi) is 4.02. The van der Waals surface area contributed by atoms with Gasteiger partial charge in [-0.15, -0.1) is 0 Å². The largest absolute Gasteiger partial charge is 0.494 e. The number of nitrogens with one attached hydrogen (secondary N) is 2. The van der Waals surface area contributed by atoms with Crippen LogP contribution in [0.25, 0.3) is 0 Å². The van der Waals surface area contributed by atoms with E-state index in [4.69, 9.17) is 4.74 Å². The fraction of sp³-hybridized carbons (Fsp3) is 0.214. The van der Waals surface area contributed by atoms with E-state index in [1.54, 1.807) is 6.20 Å². The van der Waals surface area contributed by atoms with Crippen LogP contribution >= 0.6 is 0 Å². The molecule has 0 saturated heterocycles. The third kappa shape index (κ3) is 3.13. The average molecular weight is 243 g/mol. The highest BCUT2D eigenvalue weighted by atomic mass is 16.5. The van der Waals surface area contributed by atoms with Gasteiger partial charge in [-0.1, -0.05) is 0 Å². The fourth-order valence-corrected chi connectivity index (χ4v) is 1.61. The summed E-state index contributed by atoms with van der Waals surface area (Å²) >= 11 is 0. The number of aromatic nitrogens is 1. The molecule has 0 spiro atoms. The zero-order valence-electron chi connectivity index (χ0n) is 10.6. The van der Waals surface area contributed by atoms with E-state index in [2.05, 4.69) is 15.6 Å². The lowest BCUT2D eigenvalue weighted by atomic mass is 10.3. The average Bonchev–Trinajstić information content (AvgIpc) is 2.42. The van der Waals surface area contributed by atoms with Crippen molar-refractivity contribution in [2.24, 2.45) is 0 Å². The summed E-state index contributed by atoms with van der Waals surface area (Å²) in [5, 5.41) is 6.32. The maximum absolute atomic E-state index is 5.40. The summed E-state index contributed by atoms with van der Waals surface area (Å²) in [6.07, 6.45) is 1.77. The van der Waals surface area contributed by atoms with Gasteiger partial charge in [0.1, 0.15) is 11.6 Å². The molecule has 1 aromatic heterocycles. The van der Waals surface area contributed by atoms with Crippen LogP contribution in [-0.2, 0) is 0 Å². The first-order valence-electron chi connectivity index (χ1n) is 5.95. The molecule has 94 valence electrons. The summed E-state index contributed by atoms with van der Waals surface area (Å²) in [5.74, 6) is 1.72. The Hall–Kier alpha value is -2.23. The topological polar surface area (TPSA) is 46.2 Å². The summed E-state index contributed by atoms with van der Waals surface area (Å²) < 4.78 is 5.40. The van der Waals surface area contributed by atoms with Crippen molar-refractivity contribution >= 4 is 17.2 Å². The van der Waals surface area contributed by atoms with E-state index in [-0.39, 0.29) is 0 Å². The Balaban J connectivity index is 2.08. The molecule has 4 nitrogen and oxygen atoms in total. The molecule has 0 aliphatic rings. The normalized spacial score (nSPS) is 9.89. The third-order valence-corrected chi connectivity index (χ3v) is 2.47. The van der Waals surface area contributed by atoms with E-state index in [0.29, 0.717) is 6.61 Å². The van der Waals surface area contributed by atoms with Crippen LogP contribution in [0.4, 0.5) is 17.2 Å². The predicted molar refractivity (Wildman–Crippen MR) is 74.7 cm³/mol. The molecular formula is C14H17N3O. The van der Waals surface area contributed by atoms with E-state index in [1.165, 1.54) is 0 Å². The molecule has 0 aliphatic heterocycles. The summed E-state index contributed by atoms with van der Waals surface area (Å²) in [7, 11) is 1.85. The number of benzene rings is 1. The monoisotopic (exact) mass is 243 g/mol. The third-order valence-electron chi connectivity index (χ3n) is 2.47. The van der Waals surface area contributed by atoms with Gasteiger partial charge in [0, 0.05) is 30.7 Å². The molecule has 0 radical (unpaired) electrons. The standard InChI is InChI=1S/C14H17N3O/c1-3-18-13-6-4-11(5-7-13)17-12-8-9-16-14(10-12)15-2/h4-10H,3H2,1-2H3,(H2,15,16,17). The number of anilines is 3. The number of pyridine rings is 1. The molecule has 2 N–H and O–H groups in total. The van der Waals surface area contributed by atoms with Crippen LogP contribution in [0, 0.1) is 0 Å². The minimum atomic E-state index is 0.683. The molecule has 18 heavy (non-hydrogen) atoms. The fourth-order valence-electron chi connectivity index (χ4n) is 1.61. The second-order valence-corrected chi connectivity index (χ2v) is 3.76. The molecule has 0 aliphatic carbocycles. The van der Waals surface area contributed by atoms with E-state index in [0.717, 1.165) is 22.9 Å². The Labute approximate surface area is 107 Å². The Morgan fingerprint density at radius 3 is 2.56 bits per heavy atom. The van der Waals surface area contributed by atoms with Gasteiger partial charge in [0.05, 0.1) is 6.61 Å². The van der Waals surface area contributed by atoms with Gasteiger partial charge in [-0.05, 0) is 37.3 Å². The van der Waals surface area contributed by atoms with Crippen LogP contribution in [0.3, 0.4) is 0 Å². The summed E-state index contributed by atoms with van der Waals surface area (Å²) in [6, 6.07) is 11.8. The van der Waals surface area contributed by atoms with Crippen molar-refractivity contribution in [1.29, 1.82) is 0 Å². The van der Waals surface area contributed by atoms with Gasteiger partial charge < -0.3 is 15.4 Å². The Morgan fingerprint density at radius 1 is 1.11 bits per heavy atom. The van der Waals surface area contributed by atoms with Crippen molar-refractivity contribution in [3.8, 4) is 5.75 Å². The summed E-state index contributed by atoms with van der Waals surface area (Å²) in [4.78, 5) is 4.17. The Bertz CT molecular complexity index is 497. The molecule has 2 aromatic rings. The van der Waals surface area contributed by atoms with E-state index < -0.39 is 0 Å². The second kappa shape index (κ2) is 5.91. The molecule has 1 aromatic carbocycles. The van der Waals surface area contributed by atoms with E-state index >= 15 is 0 Å². The molecule has 0 unspecified atom stereocenters. The highest BCUT2D eigenvalue weighted by Gasteiger charge is 1.97. The number of hydrogen-bond donors (Lipinski definition) is 2. The maximum Gasteiger partial charge on any atom is 0.127 e. The molecule has 0 amide bonds. The number of hydrogen-bond acceptors (Lipinski definition) is 4. The molecule has 0 saturated carbocycles. The minimum Gasteiger partial charge on any atom is -0.494 e. The molecule has 1 heterocycles. The number of rotatable bonds is 5. The van der Waals surface area contributed by atoms with Gasteiger partial charge in [-0.3, -0.25) is 0 Å². The van der Waals surface area contributed by atoms with Crippen molar-refractivity contribution in [1.82, 2.24) is 4.98 Å². The first kappa shape index (κ1) is 12.2. The Morgan fingerprint density at radius 2 is 1.89 bits per heavy atom. The van der Waals surface area contributed by atoms with Gasteiger partial charge >= 0.3 is 0 Å². The zero-order valence-corrected chi connectivity index (χ0v) is 10.6. The van der Waals surface area contributed by atoms with E-state index in [1.807, 2.05) is 50.4 Å². The lowest BCUT2D eigenvalue weighted by Gasteiger charge is -2.09. The van der Waals surface area contributed by atoms with Crippen LogP contribution in [0.1, 0.15) is 6.92 Å². The molecule has 4 heteroatoms. The van der Waals surface area contributed by atoms with Gasteiger partial charge in [0.15, 0.2) is 0 Å². The van der Waals surface area contributed by atoms with Crippen LogP contribution in [0.15, 0.2) is 42.6 Å². The van der Waals surface area contributed by atoms with Crippen molar-refractivity contribution in [3.05, 3.63) is 42.6 Å². The van der Waals surface area contributed by atoms with Crippen LogP contribution in [-0.4, -0.2) is 18.6 Å². The van der Waals surface area contributed by atoms with Crippen molar-refractivity contribution in [3.63, 3.8) is 0 Å². The summed E-state index contributed by atoms with van der Waals surface area (Å²) in [6.45, 7) is 2.66. The zero-order chi connectivity index (χ0) is 12.8. The second-order valence-electron chi connectivity index (χ2n) is 3.76. The molecule has 0 fully saturated rings. The summed E-state index contributed by atoms with van der Waals surface area (Å²) in [5.41, 5.74) is 2.02. The molecule has 2 rings (SSSR count). The lowest BCUT2D eigenvalue weighted by molar-refractivity contribution is 0.340. The minimum absolute atomic E-state index is 0.683. The van der Waals surface area contributed by atoms with Crippen LogP contribution in [0.2, 0.25) is 0 Å². The lowest BCUT2D eigenvalue weighted by Crippen LogP contribution is -1.95. The number of nitrogens with zero attached hydrogens (tertiary/aromatic N) is 1. The first-order chi connectivity index (χ1) is 8.81. The highest BCUT2D eigenvalue weighted by molar-refractivity contribution is 5.62. The molecule has 0 bridgehead atoms. The molecule has 0 atom stereocenters. The van der Waals surface area contributed by atoms with Gasteiger partial charge in [-0.25, -0.2) is 4.98 Å². The SMILES string of the molecule is CCOc1ccc(Nc2ccnc(NC)c2)cc1. The van der Waals surface area contributed by atoms with Crippen molar-refractivity contribution in [2.75, 3.05) is 24.3 Å². The van der Waals surface area contributed by atoms with Gasteiger partial charge in [0.25, 0.3) is 0 Å².